The molecule has 2 N–H and O–H groups in total. The molecule has 0 fully saturated rings. The van der Waals surface area contributed by atoms with E-state index < -0.39 is 0 Å². The summed E-state index contributed by atoms with van der Waals surface area (Å²) in [5, 5.41) is 0.888. The number of nitrogens with two attached hydrogens (primary N) is 1. The molecule has 0 aliphatic carbocycles. The molecule has 0 unspecified atom stereocenters. The van der Waals surface area contributed by atoms with Crippen LogP contribution in [0.4, 0.5) is 0 Å². The zero-order valence-corrected chi connectivity index (χ0v) is 7.80. The second-order valence-corrected chi connectivity index (χ2v) is 3.19. The van der Waals surface area contributed by atoms with E-state index in [1.165, 1.54) is 0 Å². The number of hydrogen-bond donors (Lipinski definition) is 1. The Morgan fingerprint density at radius 1 is 1.36 bits per heavy atom. The number of benzene rings is 1. The monoisotopic (exact) mass is 205 g/mol. The first-order valence-corrected chi connectivity index (χ1v) is 4.03. The minimum atomic E-state index is 0.262. The Balaban J connectivity index is 3.27. The second kappa shape index (κ2) is 3.39. The Kier molecular flexibility index (Phi) is 2.71. The van der Waals surface area contributed by atoms with Crippen molar-refractivity contribution in [1.82, 2.24) is 0 Å². The highest BCUT2D eigenvalue weighted by Gasteiger charge is 2.04. The van der Waals surface area contributed by atoms with Gasteiger partial charge in [0, 0.05) is 5.56 Å². The molecule has 0 aliphatic rings. The third kappa shape index (κ3) is 1.83. The minimum absolute atomic E-state index is 0.262. The van der Waals surface area contributed by atoms with E-state index in [4.69, 9.17) is 41.2 Å². The van der Waals surface area contributed by atoms with Crippen LogP contribution in [0.5, 0.6) is 0 Å². The molecule has 58 valence electrons. The minimum Gasteiger partial charge on any atom is -0.389 e. The van der Waals surface area contributed by atoms with Crippen LogP contribution < -0.4 is 5.73 Å². The molecular weight excluding hydrogens is 201 g/mol. The molecule has 0 aliphatic heterocycles. The van der Waals surface area contributed by atoms with Crippen LogP contribution in [0.3, 0.4) is 0 Å². The number of rotatable bonds is 1. The summed E-state index contributed by atoms with van der Waals surface area (Å²) in [4.78, 5) is 0.262. The van der Waals surface area contributed by atoms with Gasteiger partial charge in [0.05, 0.1) is 10.0 Å². The van der Waals surface area contributed by atoms with Crippen molar-refractivity contribution in [2.24, 2.45) is 5.73 Å². The standard InChI is InChI=1S/C7H5Cl2NS/c8-5-3-1-2-4(6(5)9)7(10)11/h1-3H,(H2,10,11). The molecule has 11 heavy (non-hydrogen) atoms. The first-order chi connectivity index (χ1) is 5.13. The van der Waals surface area contributed by atoms with Gasteiger partial charge in [-0.1, -0.05) is 47.6 Å². The van der Waals surface area contributed by atoms with Gasteiger partial charge in [0.1, 0.15) is 4.99 Å². The maximum Gasteiger partial charge on any atom is 0.105 e. The molecule has 0 bridgehead atoms. The largest absolute Gasteiger partial charge is 0.389 e. The van der Waals surface area contributed by atoms with Crippen LogP contribution in [0.2, 0.25) is 10.0 Å². The SMILES string of the molecule is NC(=S)c1cccc(Cl)c1Cl. The highest BCUT2D eigenvalue weighted by atomic mass is 35.5. The maximum atomic E-state index is 5.79. The Morgan fingerprint density at radius 3 is 2.45 bits per heavy atom. The van der Waals surface area contributed by atoms with Gasteiger partial charge in [-0.15, -0.1) is 0 Å². The molecule has 0 aromatic heterocycles. The summed E-state index contributed by atoms with van der Waals surface area (Å²) in [5.41, 5.74) is 5.99. The van der Waals surface area contributed by atoms with E-state index in [0.717, 1.165) is 0 Å². The smallest absolute Gasteiger partial charge is 0.105 e. The lowest BCUT2D eigenvalue weighted by atomic mass is 10.2. The zero-order chi connectivity index (χ0) is 8.43. The van der Waals surface area contributed by atoms with Gasteiger partial charge < -0.3 is 5.73 Å². The Labute approximate surface area is 80.1 Å². The molecule has 0 radical (unpaired) electrons. The van der Waals surface area contributed by atoms with Crippen LogP contribution in [0.15, 0.2) is 18.2 Å². The van der Waals surface area contributed by atoms with E-state index in [1.807, 2.05) is 0 Å². The third-order valence-electron chi connectivity index (χ3n) is 1.22. The summed E-state index contributed by atoms with van der Waals surface area (Å²) < 4.78 is 0. The first-order valence-electron chi connectivity index (χ1n) is 2.86. The topological polar surface area (TPSA) is 26.0 Å². The lowest BCUT2D eigenvalue weighted by molar-refractivity contribution is 1.62. The van der Waals surface area contributed by atoms with Crippen LogP contribution in [0.1, 0.15) is 5.56 Å². The van der Waals surface area contributed by atoms with Crippen molar-refractivity contribution in [1.29, 1.82) is 0 Å². The number of hydrogen-bond acceptors (Lipinski definition) is 1. The van der Waals surface area contributed by atoms with Crippen LogP contribution in [-0.2, 0) is 0 Å². The van der Waals surface area contributed by atoms with E-state index in [-0.39, 0.29) is 4.99 Å². The van der Waals surface area contributed by atoms with Crippen molar-refractivity contribution in [3.8, 4) is 0 Å². The summed E-state index contributed by atoms with van der Waals surface area (Å²) in [7, 11) is 0. The summed E-state index contributed by atoms with van der Waals surface area (Å²) in [6.45, 7) is 0. The molecule has 0 heterocycles. The summed E-state index contributed by atoms with van der Waals surface area (Å²) in [5.74, 6) is 0. The molecule has 1 aromatic carbocycles. The average Bonchev–Trinajstić information content (AvgIpc) is 1.94. The normalized spacial score (nSPS) is 9.64. The van der Waals surface area contributed by atoms with E-state index in [2.05, 4.69) is 0 Å². The van der Waals surface area contributed by atoms with Crippen molar-refractivity contribution in [3.63, 3.8) is 0 Å². The fourth-order valence-corrected chi connectivity index (χ4v) is 1.32. The summed E-state index contributed by atoms with van der Waals surface area (Å²) >= 11 is 16.2. The molecule has 0 amide bonds. The van der Waals surface area contributed by atoms with Crippen molar-refractivity contribution in [3.05, 3.63) is 33.8 Å². The molecular formula is C7H5Cl2NS. The molecule has 0 saturated carbocycles. The molecule has 4 heteroatoms. The van der Waals surface area contributed by atoms with Crippen LogP contribution in [0.25, 0.3) is 0 Å². The van der Waals surface area contributed by atoms with Gasteiger partial charge in [-0.25, -0.2) is 0 Å². The number of halogens is 2. The molecule has 1 rings (SSSR count). The van der Waals surface area contributed by atoms with E-state index in [1.54, 1.807) is 18.2 Å². The van der Waals surface area contributed by atoms with Crippen molar-refractivity contribution >= 4 is 40.4 Å². The van der Waals surface area contributed by atoms with Crippen LogP contribution >= 0.6 is 35.4 Å². The average molecular weight is 206 g/mol. The highest BCUT2D eigenvalue weighted by Crippen LogP contribution is 2.24. The van der Waals surface area contributed by atoms with Gasteiger partial charge in [-0.3, -0.25) is 0 Å². The molecule has 1 nitrogen and oxygen atoms in total. The van der Waals surface area contributed by atoms with E-state index in [0.29, 0.717) is 15.6 Å². The van der Waals surface area contributed by atoms with Crippen molar-refractivity contribution < 1.29 is 0 Å². The molecule has 0 spiro atoms. The number of thiocarbonyl (C=S) groups is 1. The zero-order valence-electron chi connectivity index (χ0n) is 5.47. The lowest BCUT2D eigenvalue weighted by Gasteiger charge is -2.01. The predicted molar refractivity (Wildman–Crippen MR) is 52.3 cm³/mol. The predicted octanol–water partition coefficient (Wildman–Crippen LogP) is 2.63. The summed E-state index contributed by atoms with van der Waals surface area (Å²) in [6.07, 6.45) is 0. The fourth-order valence-electron chi connectivity index (χ4n) is 0.694. The quantitative estimate of drug-likeness (QED) is 0.714. The Hall–Kier alpha value is -0.310. The van der Waals surface area contributed by atoms with E-state index >= 15 is 0 Å². The maximum absolute atomic E-state index is 5.79. The van der Waals surface area contributed by atoms with Gasteiger partial charge in [0.25, 0.3) is 0 Å². The van der Waals surface area contributed by atoms with Gasteiger partial charge in [-0.2, -0.15) is 0 Å². The fraction of sp³-hybridized carbons (Fsp3) is 0. The second-order valence-electron chi connectivity index (χ2n) is 1.97. The van der Waals surface area contributed by atoms with Crippen LogP contribution in [0, 0.1) is 0 Å². The lowest BCUT2D eigenvalue weighted by Crippen LogP contribution is -2.09. The molecule has 1 aromatic rings. The molecule has 0 saturated heterocycles. The first kappa shape index (κ1) is 8.78. The van der Waals surface area contributed by atoms with Crippen molar-refractivity contribution in [2.45, 2.75) is 0 Å². The van der Waals surface area contributed by atoms with Gasteiger partial charge >= 0.3 is 0 Å². The Bertz CT molecular complexity index is 298. The van der Waals surface area contributed by atoms with Crippen LogP contribution in [-0.4, -0.2) is 4.99 Å². The van der Waals surface area contributed by atoms with Crippen molar-refractivity contribution in [2.75, 3.05) is 0 Å². The van der Waals surface area contributed by atoms with E-state index in [9.17, 15) is 0 Å². The van der Waals surface area contributed by atoms with Gasteiger partial charge in [0.15, 0.2) is 0 Å². The third-order valence-corrected chi connectivity index (χ3v) is 2.26. The van der Waals surface area contributed by atoms with Gasteiger partial charge in [-0.05, 0) is 6.07 Å². The summed E-state index contributed by atoms with van der Waals surface area (Å²) in [6, 6.07) is 5.17. The molecule has 0 atom stereocenters. The Morgan fingerprint density at radius 2 is 2.00 bits per heavy atom. The van der Waals surface area contributed by atoms with Gasteiger partial charge in [0.2, 0.25) is 0 Å². The highest BCUT2D eigenvalue weighted by molar-refractivity contribution is 7.80.